The highest BCUT2D eigenvalue weighted by atomic mass is 19.1. The van der Waals surface area contributed by atoms with E-state index in [0.29, 0.717) is 0 Å². The monoisotopic (exact) mass is 146 g/mol. The highest BCUT2D eigenvalue weighted by molar-refractivity contribution is 5.94. The summed E-state index contributed by atoms with van der Waals surface area (Å²) in [7, 11) is 0. The lowest BCUT2D eigenvalue weighted by atomic mass is 10.2. The van der Waals surface area contributed by atoms with Crippen LogP contribution in [0.4, 0.5) is 4.39 Å². The van der Waals surface area contributed by atoms with Crippen LogP contribution >= 0.6 is 0 Å². The van der Waals surface area contributed by atoms with Gasteiger partial charge in [0.15, 0.2) is 5.78 Å². The molecule has 0 radical (unpaired) electrons. The van der Waals surface area contributed by atoms with Crippen molar-refractivity contribution in [1.29, 1.82) is 0 Å². The number of Topliss-reactive ketones (excluding diaryl/α,β-unsaturated/α-hetero) is 1. The first kappa shape index (κ1) is 8.81. The first-order chi connectivity index (χ1) is 4.57. The Morgan fingerprint density at radius 1 is 1.50 bits per heavy atom. The highest BCUT2D eigenvalue weighted by Gasteiger charge is 2.08. The number of aliphatic carboxylic acids is 1. The number of alkyl halides is 1. The molecule has 0 heterocycles. The molecule has 0 aliphatic heterocycles. The predicted octanol–water partition coefficient (Wildman–Crippen LogP) is 0.556. The summed E-state index contributed by atoms with van der Waals surface area (Å²) in [4.78, 5) is 20.2. The Kier molecular flexibility index (Phi) is 3.32. The Hall–Kier alpha value is -1.19. The minimum Gasteiger partial charge on any atom is -0.478 e. The lowest BCUT2D eigenvalue weighted by Gasteiger charge is -1.93. The summed E-state index contributed by atoms with van der Waals surface area (Å²) in [6, 6.07) is 0. The quantitative estimate of drug-likeness (QED) is 0.589. The van der Waals surface area contributed by atoms with E-state index in [0.717, 1.165) is 0 Å². The molecular weight excluding hydrogens is 139 g/mol. The molecule has 4 heteroatoms. The van der Waals surface area contributed by atoms with Crippen molar-refractivity contribution in [3.05, 3.63) is 12.2 Å². The third kappa shape index (κ3) is 2.96. The van der Waals surface area contributed by atoms with Crippen molar-refractivity contribution >= 4 is 11.8 Å². The van der Waals surface area contributed by atoms with Gasteiger partial charge in [0.05, 0.1) is 0 Å². The maximum atomic E-state index is 11.4. The van der Waals surface area contributed by atoms with Gasteiger partial charge in [-0.3, -0.25) is 4.79 Å². The Balaban J connectivity index is 3.80. The van der Waals surface area contributed by atoms with E-state index in [1.807, 2.05) is 0 Å². The fourth-order valence-electron chi connectivity index (χ4n) is 0.361. The minimum absolute atomic E-state index is 0.275. The van der Waals surface area contributed by atoms with E-state index in [-0.39, 0.29) is 5.57 Å². The molecule has 0 rings (SSSR count). The van der Waals surface area contributed by atoms with Crippen molar-refractivity contribution < 1.29 is 19.1 Å². The fraction of sp³-hybridized carbons (Fsp3) is 0.333. The van der Waals surface area contributed by atoms with Gasteiger partial charge < -0.3 is 5.11 Å². The molecule has 1 N–H and O–H groups in total. The first-order valence-electron chi connectivity index (χ1n) is 2.56. The van der Waals surface area contributed by atoms with Crippen molar-refractivity contribution in [2.45, 2.75) is 6.42 Å². The summed E-state index contributed by atoms with van der Waals surface area (Å²) in [5, 5.41) is 8.15. The van der Waals surface area contributed by atoms with Crippen molar-refractivity contribution in [3.63, 3.8) is 0 Å². The van der Waals surface area contributed by atoms with Gasteiger partial charge in [0.2, 0.25) is 0 Å². The van der Waals surface area contributed by atoms with Crippen LogP contribution in [0.15, 0.2) is 12.2 Å². The summed E-state index contributed by atoms with van der Waals surface area (Å²) >= 11 is 0. The number of carboxylic acids is 1. The summed E-state index contributed by atoms with van der Waals surface area (Å²) in [5.41, 5.74) is -0.275. The third-order valence-electron chi connectivity index (χ3n) is 0.862. The number of hydrogen-bond donors (Lipinski definition) is 1. The van der Waals surface area contributed by atoms with E-state index in [9.17, 15) is 14.0 Å². The van der Waals surface area contributed by atoms with Crippen LogP contribution in [0.3, 0.4) is 0 Å². The molecule has 0 aromatic rings. The summed E-state index contributed by atoms with van der Waals surface area (Å²) in [5.74, 6) is -2.02. The van der Waals surface area contributed by atoms with E-state index in [2.05, 4.69) is 6.58 Å². The number of rotatable bonds is 4. The Morgan fingerprint density at radius 2 is 2.00 bits per heavy atom. The molecule has 0 atom stereocenters. The van der Waals surface area contributed by atoms with Crippen LogP contribution in [-0.2, 0) is 9.59 Å². The second-order valence-electron chi connectivity index (χ2n) is 1.76. The largest absolute Gasteiger partial charge is 0.478 e. The topological polar surface area (TPSA) is 54.4 Å². The molecule has 0 unspecified atom stereocenters. The first-order valence-corrected chi connectivity index (χ1v) is 2.56. The number of halogens is 1. The molecule has 10 heavy (non-hydrogen) atoms. The standard InChI is InChI=1S/C6H7FO3/c1-4(6(9)10)2-5(8)3-7/h1-3H2,(H,9,10). The molecule has 0 aliphatic rings. The fourth-order valence-corrected chi connectivity index (χ4v) is 0.361. The molecule has 3 nitrogen and oxygen atoms in total. The third-order valence-corrected chi connectivity index (χ3v) is 0.862. The van der Waals surface area contributed by atoms with Gasteiger partial charge in [-0.25, -0.2) is 9.18 Å². The van der Waals surface area contributed by atoms with Crippen molar-refractivity contribution in [1.82, 2.24) is 0 Å². The number of carbonyl (C=O) groups excluding carboxylic acids is 1. The smallest absolute Gasteiger partial charge is 0.331 e. The summed E-state index contributed by atoms with van der Waals surface area (Å²) in [6.45, 7) is 1.92. The second-order valence-corrected chi connectivity index (χ2v) is 1.76. The maximum absolute atomic E-state index is 11.4. The van der Waals surface area contributed by atoms with Crippen LogP contribution < -0.4 is 0 Å². The molecule has 0 saturated heterocycles. The van der Waals surface area contributed by atoms with Gasteiger partial charge in [0.25, 0.3) is 0 Å². The molecule has 0 aromatic carbocycles. The number of carboxylic acid groups (broad SMARTS) is 1. The van der Waals surface area contributed by atoms with Gasteiger partial charge in [0, 0.05) is 12.0 Å². The van der Waals surface area contributed by atoms with Crippen molar-refractivity contribution in [2.75, 3.05) is 6.67 Å². The average molecular weight is 146 g/mol. The van der Waals surface area contributed by atoms with Gasteiger partial charge in [-0.2, -0.15) is 0 Å². The minimum atomic E-state index is -1.26. The predicted molar refractivity (Wildman–Crippen MR) is 32.4 cm³/mol. The lowest BCUT2D eigenvalue weighted by molar-refractivity contribution is -0.133. The van der Waals surface area contributed by atoms with Crippen LogP contribution in [0.25, 0.3) is 0 Å². The molecule has 0 aromatic heterocycles. The summed E-state index contributed by atoms with van der Waals surface area (Å²) < 4.78 is 11.4. The average Bonchev–Trinajstić information content (AvgIpc) is 1.87. The van der Waals surface area contributed by atoms with E-state index in [4.69, 9.17) is 5.11 Å². The zero-order chi connectivity index (χ0) is 8.15. The Bertz CT molecular complexity index is 174. The number of carbonyl (C=O) groups is 2. The van der Waals surface area contributed by atoms with E-state index >= 15 is 0 Å². The molecule has 0 fully saturated rings. The van der Waals surface area contributed by atoms with Crippen LogP contribution in [0.5, 0.6) is 0 Å². The number of hydrogen-bond acceptors (Lipinski definition) is 2. The SMILES string of the molecule is C=C(CC(=O)CF)C(=O)O. The molecule has 0 aliphatic carbocycles. The Morgan fingerprint density at radius 3 is 2.30 bits per heavy atom. The van der Waals surface area contributed by atoms with Crippen LogP contribution in [-0.4, -0.2) is 23.5 Å². The van der Waals surface area contributed by atoms with Crippen molar-refractivity contribution in [3.8, 4) is 0 Å². The van der Waals surface area contributed by atoms with Gasteiger partial charge in [-0.15, -0.1) is 0 Å². The molecule has 56 valence electrons. The van der Waals surface area contributed by atoms with Gasteiger partial charge in [-0.1, -0.05) is 6.58 Å². The summed E-state index contributed by atoms with van der Waals surface area (Å²) in [6.07, 6.45) is -0.411. The zero-order valence-corrected chi connectivity index (χ0v) is 5.26. The molecule has 0 bridgehead atoms. The van der Waals surface area contributed by atoms with Crippen LogP contribution in [0, 0.1) is 0 Å². The van der Waals surface area contributed by atoms with E-state index in [1.165, 1.54) is 0 Å². The normalized spacial score (nSPS) is 8.90. The lowest BCUT2D eigenvalue weighted by Crippen LogP contribution is -2.07. The molecule has 0 spiro atoms. The second kappa shape index (κ2) is 3.76. The zero-order valence-electron chi connectivity index (χ0n) is 5.26. The highest BCUT2D eigenvalue weighted by Crippen LogP contribution is 1.98. The molecule has 0 saturated carbocycles. The van der Waals surface area contributed by atoms with Gasteiger partial charge in [0.1, 0.15) is 6.67 Å². The van der Waals surface area contributed by atoms with E-state index in [1.54, 1.807) is 0 Å². The molecular formula is C6H7FO3. The number of ketones is 1. The van der Waals surface area contributed by atoms with Gasteiger partial charge in [-0.05, 0) is 0 Å². The van der Waals surface area contributed by atoms with Crippen LogP contribution in [0.1, 0.15) is 6.42 Å². The van der Waals surface area contributed by atoms with E-state index < -0.39 is 24.8 Å². The van der Waals surface area contributed by atoms with Gasteiger partial charge >= 0.3 is 5.97 Å². The molecule has 0 amide bonds. The Labute approximate surface area is 57.2 Å². The van der Waals surface area contributed by atoms with Crippen molar-refractivity contribution in [2.24, 2.45) is 0 Å². The van der Waals surface area contributed by atoms with Crippen LogP contribution in [0.2, 0.25) is 0 Å². The maximum Gasteiger partial charge on any atom is 0.331 e.